The molecule has 0 saturated carbocycles. The molecular formula is C10H10BrNO3. The van der Waals surface area contributed by atoms with Crippen molar-refractivity contribution < 1.29 is 14.3 Å². The van der Waals surface area contributed by atoms with E-state index in [1.54, 1.807) is 6.07 Å². The van der Waals surface area contributed by atoms with Crippen LogP contribution in [0.5, 0.6) is 11.5 Å². The maximum absolute atomic E-state index is 10.8. The van der Waals surface area contributed by atoms with E-state index in [1.165, 1.54) is 0 Å². The fraction of sp³-hybridized carbons (Fsp3) is 0.300. The lowest BCUT2D eigenvalue weighted by Crippen LogP contribution is -2.05. The van der Waals surface area contributed by atoms with Crippen LogP contribution < -0.4 is 15.2 Å². The van der Waals surface area contributed by atoms with Gasteiger partial charge in [-0.25, -0.2) is 0 Å². The molecular weight excluding hydrogens is 262 g/mol. The number of ether oxygens (including phenoxy) is 2. The summed E-state index contributed by atoms with van der Waals surface area (Å²) in [6, 6.07) is 1.73. The molecule has 0 bridgehead atoms. The van der Waals surface area contributed by atoms with Crippen molar-refractivity contribution in [2.75, 3.05) is 13.3 Å². The van der Waals surface area contributed by atoms with Gasteiger partial charge in [-0.05, 0) is 19.0 Å². The van der Waals surface area contributed by atoms with E-state index in [1.807, 2.05) is 0 Å². The highest BCUT2D eigenvalue weighted by Gasteiger charge is 2.23. The summed E-state index contributed by atoms with van der Waals surface area (Å²) >= 11 is 3.39. The Hall–Kier alpha value is -1.07. The summed E-state index contributed by atoms with van der Waals surface area (Å²) in [6.07, 6.45) is 1.44. The van der Waals surface area contributed by atoms with E-state index in [0.29, 0.717) is 30.0 Å². The Labute approximate surface area is 95.5 Å². The number of carbonyl (C=O) groups excluding carboxylic acids is 1. The summed E-state index contributed by atoms with van der Waals surface area (Å²) in [5.41, 5.74) is 6.96. The molecule has 0 amide bonds. The van der Waals surface area contributed by atoms with Gasteiger partial charge < -0.3 is 15.2 Å². The van der Waals surface area contributed by atoms with E-state index < -0.39 is 0 Å². The topological polar surface area (TPSA) is 61.6 Å². The Morgan fingerprint density at radius 1 is 1.47 bits per heavy atom. The van der Waals surface area contributed by atoms with Crippen LogP contribution in [-0.2, 0) is 6.42 Å². The molecule has 0 radical (unpaired) electrons. The van der Waals surface area contributed by atoms with Gasteiger partial charge in [-0.1, -0.05) is 15.9 Å². The molecule has 0 unspecified atom stereocenters. The first-order chi connectivity index (χ1) is 7.27. The third-order valence-corrected chi connectivity index (χ3v) is 2.95. The first kappa shape index (κ1) is 10.4. The first-order valence-corrected chi connectivity index (χ1v) is 5.33. The second kappa shape index (κ2) is 4.20. The highest BCUT2D eigenvalue weighted by Crippen LogP contribution is 2.42. The molecule has 0 saturated heterocycles. The van der Waals surface area contributed by atoms with Gasteiger partial charge in [-0.2, -0.15) is 0 Å². The van der Waals surface area contributed by atoms with Gasteiger partial charge in [0.2, 0.25) is 6.79 Å². The van der Waals surface area contributed by atoms with Crippen LogP contribution in [0.3, 0.4) is 0 Å². The number of halogens is 1. The van der Waals surface area contributed by atoms with Crippen LogP contribution in [0.4, 0.5) is 0 Å². The van der Waals surface area contributed by atoms with Crippen LogP contribution in [0.1, 0.15) is 15.9 Å². The first-order valence-electron chi connectivity index (χ1n) is 4.54. The number of carbonyl (C=O) groups is 1. The van der Waals surface area contributed by atoms with Crippen molar-refractivity contribution >= 4 is 22.2 Å². The summed E-state index contributed by atoms with van der Waals surface area (Å²) in [7, 11) is 0. The molecule has 1 heterocycles. The van der Waals surface area contributed by atoms with E-state index in [9.17, 15) is 4.79 Å². The third kappa shape index (κ3) is 1.72. The molecule has 2 rings (SSSR count). The fourth-order valence-corrected chi connectivity index (χ4v) is 2.20. The second-order valence-electron chi connectivity index (χ2n) is 3.15. The molecule has 1 aliphatic rings. The lowest BCUT2D eigenvalue weighted by atomic mass is 10.1. The average molecular weight is 272 g/mol. The van der Waals surface area contributed by atoms with Gasteiger partial charge in [0.1, 0.15) is 0 Å². The molecule has 0 spiro atoms. The minimum Gasteiger partial charge on any atom is -0.453 e. The molecule has 4 nitrogen and oxygen atoms in total. The lowest BCUT2D eigenvalue weighted by molar-refractivity contribution is 0.111. The van der Waals surface area contributed by atoms with Crippen molar-refractivity contribution in [2.24, 2.45) is 5.73 Å². The SMILES string of the molecule is NCCc1c(Br)cc(C=O)c2c1OCO2. The minimum atomic E-state index is 0.157. The zero-order valence-corrected chi connectivity index (χ0v) is 9.54. The van der Waals surface area contributed by atoms with Crippen molar-refractivity contribution in [3.05, 3.63) is 21.7 Å². The highest BCUT2D eigenvalue weighted by atomic mass is 79.9. The summed E-state index contributed by atoms with van der Waals surface area (Å²) in [5.74, 6) is 1.16. The van der Waals surface area contributed by atoms with Crippen molar-refractivity contribution in [3.8, 4) is 11.5 Å². The van der Waals surface area contributed by atoms with Gasteiger partial charge in [-0.3, -0.25) is 4.79 Å². The molecule has 1 aromatic rings. The van der Waals surface area contributed by atoms with Crippen LogP contribution in [0.25, 0.3) is 0 Å². The maximum Gasteiger partial charge on any atom is 0.231 e. The Bertz CT molecular complexity index is 406. The fourth-order valence-electron chi connectivity index (χ4n) is 1.58. The number of hydrogen-bond acceptors (Lipinski definition) is 4. The predicted octanol–water partition coefficient (Wildman–Crippen LogP) is 1.49. The Balaban J connectivity index is 2.57. The molecule has 5 heteroatoms. The number of benzene rings is 1. The minimum absolute atomic E-state index is 0.157. The molecule has 15 heavy (non-hydrogen) atoms. The average Bonchev–Trinajstić information content (AvgIpc) is 2.70. The van der Waals surface area contributed by atoms with Crippen molar-refractivity contribution in [3.63, 3.8) is 0 Å². The third-order valence-electron chi connectivity index (χ3n) is 2.24. The lowest BCUT2D eigenvalue weighted by Gasteiger charge is -2.08. The molecule has 0 aromatic heterocycles. The van der Waals surface area contributed by atoms with E-state index >= 15 is 0 Å². The normalized spacial score (nSPS) is 12.9. The number of rotatable bonds is 3. The van der Waals surface area contributed by atoms with E-state index in [4.69, 9.17) is 15.2 Å². The summed E-state index contributed by atoms with van der Waals surface area (Å²) < 4.78 is 11.4. The van der Waals surface area contributed by atoms with Crippen LogP contribution >= 0.6 is 15.9 Å². The molecule has 0 aliphatic carbocycles. The zero-order valence-electron chi connectivity index (χ0n) is 7.96. The molecule has 0 fully saturated rings. The zero-order chi connectivity index (χ0) is 10.8. The number of fused-ring (bicyclic) bond motifs is 1. The van der Waals surface area contributed by atoms with E-state index in [2.05, 4.69) is 15.9 Å². The number of nitrogens with two attached hydrogens (primary N) is 1. The summed E-state index contributed by atoms with van der Waals surface area (Å²) in [4.78, 5) is 10.8. The van der Waals surface area contributed by atoms with Crippen LogP contribution in [0, 0.1) is 0 Å². The molecule has 80 valence electrons. The Morgan fingerprint density at radius 2 is 2.20 bits per heavy atom. The molecule has 2 N–H and O–H groups in total. The second-order valence-corrected chi connectivity index (χ2v) is 4.00. The Morgan fingerprint density at radius 3 is 2.87 bits per heavy atom. The standard InChI is InChI=1S/C10H10BrNO3/c11-8-3-6(4-13)9-10(15-5-14-9)7(8)1-2-12/h3-4H,1-2,5,12H2. The van der Waals surface area contributed by atoms with Crippen molar-refractivity contribution in [1.29, 1.82) is 0 Å². The number of aldehydes is 1. The van der Waals surface area contributed by atoms with Crippen LogP contribution in [-0.4, -0.2) is 19.6 Å². The highest BCUT2D eigenvalue weighted by molar-refractivity contribution is 9.10. The van der Waals surface area contributed by atoms with Crippen molar-refractivity contribution in [1.82, 2.24) is 0 Å². The Kier molecular flexibility index (Phi) is 2.93. The molecule has 1 aliphatic heterocycles. The van der Waals surface area contributed by atoms with Crippen LogP contribution in [0.2, 0.25) is 0 Å². The monoisotopic (exact) mass is 271 g/mol. The van der Waals surface area contributed by atoms with Gasteiger partial charge in [0.15, 0.2) is 17.8 Å². The van der Waals surface area contributed by atoms with Crippen molar-refractivity contribution in [2.45, 2.75) is 6.42 Å². The summed E-state index contributed by atoms with van der Waals surface area (Å²) in [6.45, 7) is 0.680. The molecule has 1 aromatic carbocycles. The summed E-state index contributed by atoms with van der Waals surface area (Å²) in [5, 5.41) is 0. The smallest absolute Gasteiger partial charge is 0.231 e. The number of hydrogen-bond donors (Lipinski definition) is 1. The van der Waals surface area contributed by atoms with Gasteiger partial charge in [-0.15, -0.1) is 0 Å². The van der Waals surface area contributed by atoms with Gasteiger partial charge in [0.05, 0.1) is 5.56 Å². The quantitative estimate of drug-likeness (QED) is 0.847. The maximum atomic E-state index is 10.8. The van der Waals surface area contributed by atoms with Gasteiger partial charge >= 0.3 is 0 Å². The predicted molar refractivity (Wildman–Crippen MR) is 58.4 cm³/mol. The van der Waals surface area contributed by atoms with E-state index in [-0.39, 0.29) is 6.79 Å². The van der Waals surface area contributed by atoms with Gasteiger partial charge in [0.25, 0.3) is 0 Å². The molecule has 0 atom stereocenters. The van der Waals surface area contributed by atoms with Gasteiger partial charge in [0, 0.05) is 10.0 Å². The van der Waals surface area contributed by atoms with E-state index in [0.717, 1.165) is 16.3 Å². The van der Waals surface area contributed by atoms with Crippen LogP contribution in [0.15, 0.2) is 10.5 Å². The largest absolute Gasteiger partial charge is 0.453 e.